The Morgan fingerprint density at radius 2 is 2.00 bits per heavy atom. The van der Waals surface area contributed by atoms with E-state index in [9.17, 15) is 9.59 Å². The smallest absolute Gasteiger partial charge is 0.264 e. The third-order valence-electron chi connectivity index (χ3n) is 5.03. The molecule has 1 aliphatic rings. The molecule has 4 rings (SSSR count). The average molecular weight is 384 g/mol. The molecule has 10 nitrogen and oxygen atoms in total. The zero-order valence-corrected chi connectivity index (χ0v) is 15.6. The van der Waals surface area contributed by atoms with Gasteiger partial charge < -0.3 is 9.42 Å². The first kappa shape index (κ1) is 18.1. The fourth-order valence-corrected chi connectivity index (χ4v) is 3.48. The summed E-state index contributed by atoms with van der Waals surface area (Å²) in [7, 11) is 0. The van der Waals surface area contributed by atoms with Gasteiger partial charge in [0.2, 0.25) is 5.91 Å². The highest BCUT2D eigenvalue weighted by Gasteiger charge is 2.28. The second kappa shape index (κ2) is 7.37. The number of likely N-dealkylation sites (tertiary alicyclic amines) is 1. The molecule has 1 fully saturated rings. The number of H-pyrrole nitrogens is 1. The van der Waals surface area contributed by atoms with Crippen molar-refractivity contribution < 1.29 is 13.9 Å². The molecule has 10 heteroatoms. The molecule has 0 radical (unpaired) electrons. The number of nitrogens with zero attached hydrogens (tertiary/aromatic N) is 5. The molecular weight excluding hydrogens is 364 g/mol. The zero-order chi connectivity index (χ0) is 19.7. The first-order chi connectivity index (χ1) is 13.5. The van der Waals surface area contributed by atoms with Crippen LogP contribution in [-0.4, -0.2) is 49.6 Å². The third kappa shape index (κ3) is 3.57. The van der Waals surface area contributed by atoms with Gasteiger partial charge in [-0.25, -0.2) is 9.73 Å². The van der Waals surface area contributed by atoms with Crippen LogP contribution in [-0.2, 0) is 11.2 Å². The second-order valence-corrected chi connectivity index (χ2v) is 6.99. The maximum atomic E-state index is 12.5. The summed E-state index contributed by atoms with van der Waals surface area (Å²) >= 11 is 0. The van der Waals surface area contributed by atoms with E-state index in [0.29, 0.717) is 35.8 Å². The fraction of sp³-hybridized carbons (Fsp3) is 0.444. The number of piperidine rings is 1. The highest BCUT2D eigenvalue weighted by Crippen LogP contribution is 2.33. The zero-order valence-electron chi connectivity index (χ0n) is 15.6. The van der Waals surface area contributed by atoms with E-state index in [2.05, 4.69) is 30.3 Å². The Morgan fingerprint density at radius 3 is 2.64 bits per heavy atom. The van der Waals surface area contributed by atoms with Crippen LogP contribution < -0.4 is 5.56 Å². The molecular formula is C18H20N6O4. The second-order valence-electron chi connectivity index (χ2n) is 6.99. The van der Waals surface area contributed by atoms with E-state index in [1.54, 1.807) is 13.0 Å². The van der Waals surface area contributed by atoms with Crippen LogP contribution in [0.15, 0.2) is 26.1 Å². The predicted molar refractivity (Wildman–Crippen MR) is 96.4 cm³/mol. The number of rotatable bonds is 4. The molecule has 1 N–H and O–H groups in total. The molecule has 3 aromatic heterocycles. The van der Waals surface area contributed by atoms with Crippen LogP contribution in [0, 0.1) is 13.8 Å². The van der Waals surface area contributed by atoms with Crippen molar-refractivity contribution in [2.24, 2.45) is 0 Å². The maximum absolute atomic E-state index is 12.5. The van der Waals surface area contributed by atoms with Gasteiger partial charge in [0.25, 0.3) is 5.56 Å². The van der Waals surface area contributed by atoms with Gasteiger partial charge in [0.1, 0.15) is 11.4 Å². The van der Waals surface area contributed by atoms with Gasteiger partial charge in [-0.2, -0.15) is 5.10 Å². The lowest BCUT2D eigenvalue weighted by atomic mass is 9.90. The summed E-state index contributed by atoms with van der Waals surface area (Å²) in [5, 5.41) is 18.2. The number of aromatic amines is 1. The van der Waals surface area contributed by atoms with Crippen molar-refractivity contribution >= 4 is 5.91 Å². The van der Waals surface area contributed by atoms with E-state index in [4.69, 9.17) is 4.52 Å². The van der Waals surface area contributed by atoms with Gasteiger partial charge in [0, 0.05) is 36.7 Å². The quantitative estimate of drug-likeness (QED) is 0.713. The molecule has 0 spiro atoms. The molecule has 28 heavy (non-hydrogen) atoms. The van der Waals surface area contributed by atoms with Gasteiger partial charge in [-0.05, 0) is 26.7 Å². The normalized spacial score (nSPS) is 15.1. The van der Waals surface area contributed by atoms with Gasteiger partial charge in [0.15, 0.2) is 5.76 Å². The Hall–Kier alpha value is -3.30. The van der Waals surface area contributed by atoms with Crippen molar-refractivity contribution in [3.8, 4) is 11.3 Å². The molecule has 0 atom stereocenters. The van der Waals surface area contributed by atoms with Crippen molar-refractivity contribution in [3.05, 3.63) is 45.3 Å². The third-order valence-corrected chi connectivity index (χ3v) is 5.03. The Kier molecular flexibility index (Phi) is 4.76. The van der Waals surface area contributed by atoms with E-state index in [1.807, 2.05) is 11.8 Å². The SMILES string of the molecule is Cc1cc(-c2cc(=O)[nH]nc2C2CCN(C(=O)Cc3nonc3C)CC2)on1. The lowest BCUT2D eigenvalue weighted by Gasteiger charge is -2.32. The van der Waals surface area contributed by atoms with Gasteiger partial charge in [-0.15, -0.1) is 0 Å². The molecule has 0 aromatic carbocycles. The van der Waals surface area contributed by atoms with Crippen molar-refractivity contribution in [2.75, 3.05) is 13.1 Å². The van der Waals surface area contributed by atoms with E-state index < -0.39 is 0 Å². The van der Waals surface area contributed by atoms with Crippen LogP contribution in [0.1, 0.15) is 41.5 Å². The molecule has 1 amide bonds. The van der Waals surface area contributed by atoms with E-state index >= 15 is 0 Å². The monoisotopic (exact) mass is 384 g/mol. The highest BCUT2D eigenvalue weighted by atomic mass is 16.6. The minimum absolute atomic E-state index is 0.00207. The predicted octanol–water partition coefficient (Wildman–Crippen LogP) is 1.37. The molecule has 146 valence electrons. The van der Waals surface area contributed by atoms with Gasteiger partial charge in [0.05, 0.1) is 17.8 Å². The number of aryl methyl sites for hydroxylation is 2. The highest BCUT2D eigenvalue weighted by molar-refractivity contribution is 5.78. The number of amides is 1. The van der Waals surface area contributed by atoms with Crippen molar-refractivity contribution in [3.63, 3.8) is 0 Å². The van der Waals surface area contributed by atoms with Crippen LogP contribution in [0.2, 0.25) is 0 Å². The Bertz CT molecular complexity index is 1040. The Labute approximate surface area is 159 Å². The summed E-state index contributed by atoms with van der Waals surface area (Å²) in [6.45, 7) is 4.79. The summed E-state index contributed by atoms with van der Waals surface area (Å²) in [5.41, 5.74) is 3.05. The number of carbonyl (C=O) groups is 1. The largest absolute Gasteiger partial charge is 0.356 e. The standard InChI is InChI=1S/C18H20N6O4/c1-10-7-15(27-21-10)13-8-16(25)19-20-18(13)12-3-5-24(6-4-12)17(26)9-14-11(2)22-28-23-14/h7-8,12H,3-6,9H2,1-2H3,(H,19,25). The number of hydrogen-bond acceptors (Lipinski definition) is 8. The van der Waals surface area contributed by atoms with Gasteiger partial charge in [-0.3, -0.25) is 9.59 Å². The van der Waals surface area contributed by atoms with Crippen LogP contribution in [0.3, 0.4) is 0 Å². The maximum Gasteiger partial charge on any atom is 0.264 e. The van der Waals surface area contributed by atoms with Crippen molar-refractivity contribution in [1.82, 2.24) is 30.6 Å². The average Bonchev–Trinajstić information content (AvgIpc) is 3.30. The van der Waals surface area contributed by atoms with Crippen LogP contribution in [0.25, 0.3) is 11.3 Å². The number of hydrogen-bond donors (Lipinski definition) is 1. The number of carbonyl (C=O) groups excluding carboxylic acids is 1. The van der Waals surface area contributed by atoms with Crippen molar-refractivity contribution in [1.29, 1.82) is 0 Å². The lowest BCUT2D eigenvalue weighted by molar-refractivity contribution is -0.131. The molecule has 1 aliphatic heterocycles. The minimum Gasteiger partial charge on any atom is -0.356 e. The minimum atomic E-state index is -0.294. The number of nitrogens with one attached hydrogen (secondary N) is 1. The van der Waals surface area contributed by atoms with Crippen LogP contribution in [0.5, 0.6) is 0 Å². The topological polar surface area (TPSA) is 131 Å². The van der Waals surface area contributed by atoms with Gasteiger partial charge >= 0.3 is 0 Å². The fourth-order valence-electron chi connectivity index (χ4n) is 3.48. The first-order valence-electron chi connectivity index (χ1n) is 9.10. The molecule has 4 heterocycles. The van der Waals surface area contributed by atoms with Crippen LogP contribution >= 0.6 is 0 Å². The van der Waals surface area contributed by atoms with Gasteiger partial charge in [-0.1, -0.05) is 15.5 Å². The van der Waals surface area contributed by atoms with E-state index in [-0.39, 0.29) is 23.8 Å². The lowest BCUT2D eigenvalue weighted by Crippen LogP contribution is -2.39. The summed E-state index contributed by atoms with van der Waals surface area (Å²) in [6, 6.07) is 3.27. The molecule has 0 unspecified atom stereocenters. The summed E-state index contributed by atoms with van der Waals surface area (Å²) in [5.74, 6) is 0.633. The summed E-state index contributed by atoms with van der Waals surface area (Å²) in [4.78, 5) is 26.1. The molecule has 1 saturated heterocycles. The first-order valence-corrected chi connectivity index (χ1v) is 9.10. The molecule has 0 saturated carbocycles. The number of aromatic nitrogens is 5. The van der Waals surface area contributed by atoms with Crippen LogP contribution in [0.4, 0.5) is 0 Å². The molecule has 3 aromatic rings. The summed E-state index contributed by atoms with van der Waals surface area (Å²) < 4.78 is 9.99. The van der Waals surface area contributed by atoms with E-state index in [0.717, 1.165) is 24.2 Å². The Balaban J connectivity index is 1.48. The van der Waals surface area contributed by atoms with Crippen molar-refractivity contribution in [2.45, 2.75) is 39.0 Å². The van der Waals surface area contributed by atoms with E-state index in [1.165, 1.54) is 6.07 Å². The summed E-state index contributed by atoms with van der Waals surface area (Å²) in [6.07, 6.45) is 1.65. The molecule has 0 bridgehead atoms. The molecule has 0 aliphatic carbocycles. The Morgan fingerprint density at radius 1 is 1.21 bits per heavy atom.